The van der Waals surface area contributed by atoms with Crippen molar-refractivity contribution in [1.29, 1.82) is 0 Å². The average molecular weight is 617 g/mol. The van der Waals surface area contributed by atoms with E-state index in [2.05, 4.69) is 21.4 Å². The molecule has 0 saturated carbocycles. The van der Waals surface area contributed by atoms with Crippen molar-refractivity contribution >= 4 is 35.1 Å². The van der Waals surface area contributed by atoms with Crippen LogP contribution in [-0.2, 0) is 10.4 Å². The van der Waals surface area contributed by atoms with Gasteiger partial charge in [-0.25, -0.2) is 9.99 Å². The van der Waals surface area contributed by atoms with Gasteiger partial charge in [0.2, 0.25) is 11.8 Å². The van der Waals surface area contributed by atoms with Crippen molar-refractivity contribution in [3.63, 3.8) is 0 Å². The molecule has 2 aromatic carbocycles. The number of allylic oxidation sites excluding steroid dienone is 1. The summed E-state index contributed by atoms with van der Waals surface area (Å²) in [5.41, 5.74) is 4.97. The lowest BCUT2D eigenvalue weighted by atomic mass is 9.84. The van der Waals surface area contributed by atoms with Gasteiger partial charge in [0.05, 0.1) is 11.5 Å². The molecule has 44 heavy (non-hydrogen) atoms. The summed E-state index contributed by atoms with van der Waals surface area (Å²) in [5, 5.41) is 35.6. The number of likely N-dealkylation sites (tertiary alicyclic amines) is 1. The van der Waals surface area contributed by atoms with E-state index in [4.69, 9.17) is 16.3 Å². The highest BCUT2D eigenvalue weighted by Crippen LogP contribution is 2.34. The number of halogens is 1. The fourth-order valence-corrected chi connectivity index (χ4v) is 6.36. The van der Waals surface area contributed by atoms with E-state index in [1.54, 1.807) is 6.20 Å². The highest BCUT2D eigenvalue weighted by molar-refractivity contribution is 6.30. The number of rotatable bonds is 7. The number of aliphatic hydroxyl groups excluding tert-OH is 1. The molecule has 0 radical (unpaired) electrons. The maximum absolute atomic E-state index is 11.3. The molecule has 6 rings (SSSR count). The number of hydrogen-bond donors (Lipinski definition) is 4. The van der Waals surface area contributed by atoms with Gasteiger partial charge in [0.1, 0.15) is 5.75 Å². The molecule has 10 heteroatoms. The van der Waals surface area contributed by atoms with Crippen LogP contribution in [0.5, 0.6) is 11.6 Å². The van der Waals surface area contributed by atoms with Gasteiger partial charge in [0, 0.05) is 59.9 Å². The molecule has 2 fully saturated rings. The zero-order valence-electron chi connectivity index (χ0n) is 24.5. The molecule has 3 aliphatic rings. The van der Waals surface area contributed by atoms with Crippen LogP contribution in [0, 0.1) is 5.92 Å². The van der Waals surface area contributed by atoms with Crippen LogP contribution >= 0.6 is 11.6 Å². The number of piperidine rings is 2. The number of hydrazine groups is 1. The van der Waals surface area contributed by atoms with Crippen LogP contribution in [0.1, 0.15) is 43.2 Å². The van der Waals surface area contributed by atoms with Crippen LogP contribution in [-0.4, -0.2) is 68.9 Å². The first-order chi connectivity index (χ1) is 21.3. The molecular formula is C34H37ClN4O5. The summed E-state index contributed by atoms with van der Waals surface area (Å²) in [6.45, 7) is 3.45. The first-order valence-corrected chi connectivity index (χ1v) is 15.5. The van der Waals surface area contributed by atoms with Gasteiger partial charge in [0.25, 0.3) is 0 Å². The molecule has 9 nitrogen and oxygen atoms in total. The number of aliphatic carboxylic acids is 1. The smallest absolute Gasteiger partial charge is 0.306 e. The third-order valence-corrected chi connectivity index (χ3v) is 9.14. The van der Waals surface area contributed by atoms with Gasteiger partial charge in [-0.05, 0) is 85.7 Å². The van der Waals surface area contributed by atoms with Crippen LogP contribution < -0.4 is 20.6 Å². The molecule has 0 amide bonds. The first kappa shape index (κ1) is 30.1. The number of carboxylic acid groups (broad SMARTS) is 1. The van der Waals surface area contributed by atoms with Crippen LogP contribution in [0.15, 0.2) is 66.9 Å². The average Bonchev–Trinajstić information content (AvgIpc) is 3.19. The molecule has 3 aliphatic heterocycles. The molecule has 0 unspecified atom stereocenters. The maximum atomic E-state index is 11.3. The van der Waals surface area contributed by atoms with Gasteiger partial charge in [0.15, 0.2) is 0 Å². The van der Waals surface area contributed by atoms with Gasteiger partial charge in [-0.1, -0.05) is 35.9 Å². The minimum atomic E-state index is -0.838. The van der Waals surface area contributed by atoms with E-state index in [-0.39, 0.29) is 11.8 Å². The van der Waals surface area contributed by atoms with Crippen molar-refractivity contribution < 1.29 is 24.9 Å². The van der Waals surface area contributed by atoms with E-state index in [9.17, 15) is 20.1 Å². The van der Waals surface area contributed by atoms with Crippen LogP contribution in [0.2, 0.25) is 5.02 Å². The fourth-order valence-electron chi connectivity index (χ4n) is 6.23. The lowest BCUT2D eigenvalue weighted by molar-refractivity contribution is -0.143. The number of aliphatic hydroxyl groups is 2. The van der Waals surface area contributed by atoms with Gasteiger partial charge in [-0.2, -0.15) is 0 Å². The molecule has 0 bridgehead atoms. The number of ether oxygens (including phenoxy) is 1. The summed E-state index contributed by atoms with van der Waals surface area (Å²) in [6.07, 6.45) is 9.04. The highest BCUT2D eigenvalue weighted by atomic mass is 35.5. The number of aromatic nitrogens is 1. The van der Waals surface area contributed by atoms with E-state index < -0.39 is 11.6 Å². The Kier molecular flexibility index (Phi) is 8.91. The number of carboxylic acids is 1. The second kappa shape index (κ2) is 13.0. The van der Waals surface area contributed by atoms with Crippen molar-refractivity contribution in [3.8, 4) is 11.6 Å². The number of fused-ring (bicyclic) bond motifs is 2. The predicted molar refractivity (Wildman–Crippen MR) is 169 cm³/mol. The Morgan fingerprint density at radius 2 is 1.80 bits per heavy atom. The summed E-state index contributed by atoms with van der Waals surface area (Å²) in [4.78, 5) is 18.2. The summed E-state index contributed by atoms with van der Waals surface area (Å²) in [7, 11) is 0. The largest absolute Gasteiger partial charge is 0.493 e. The molecule has 230 valence electrons. The van der Waals surface area contributed by atoms with Gasteiger partial charge < -0.3 is 25.0 Å². The highest BCUT2D eigenvalue weighted by Gasteiger charge is 2.33. The third-order valence-electron chi connectivity index (χ3n) is 8.89. The Labute approximate surface area is 261 Å². The number of nitrogens with zero attached hydrogens (tertiary/aromatic N) is 3. The molecule has 3 aromatic rings. The lowest BCUT2D eigenvalue weighted by Crippen LogP contribution is -2.46. The van der Waals surface area contributed by atoms with E-state index >= 15 is 0 Å². The maximum Gasteiger partial charge on any atom is 0.306 e. The Morgan fingerprint density at radius 1 is 1.05 bits per heavy atom. The first-order valence-electron chi connectivity index (χ1n) is 15.1. The second-order valence-corrected chi connectivity index (χ2v) is 12.1. The van der Waals surface area contributed by atoms with Crippen molar-refractivity contribution in [3.05, 3.63) is 93.5 Å². The second-order valence-electron chi connectivity index (χ2n) is 11.7. The Balaban J connectivity index is 1.21. The molecule has 4 heterocycles. The quantitative estimate of drug-likeness (QED) is 0.312. The van der Waals surface area contributed by atoms with E-state index in [1.165, 1.54) is 0 Å². The van der Waals surface area contributed by atoms with Crippen LogP contribution in [0.3, 0.4) is 0 Å². The van der Waals surface area contributed by atoms with E-state index in [1.807, 2.05) is 65.7 Å². The van der Waals surface area contributed by atoms with Crippen molar-refractivity contribution in [2.45, 2.75) is 37.7 Å². The molecule has 0 atom stereocenters. The van der Waals surface area contributed by atoms with Crippen LogP contribution in [0.25, 0.3) is 17.5 Å². The Morgan fingerprint density at radius 3 is 2.52 bits per heavy atom. The van der Waals surface area contributed by atoms with Crippen molar-refractivity contribution in [2.24, 2.45) is 5.92 Å². The summed E-state index contributed by atoms with van der Waals surface area (Å²) >= 11 is 6.04. The van der Waals surface area contributed by atoms with Gasteiger partial charge >= 0.3 is 5.97 Å². The summed E-state index contributed by atoms with van der Waals surface area (Å²) in [5.74, 6) is -0.0648. The molecule has 4 N–H and O–H groups in total. The number of carbonyl (C=O) groups is 1. The van der Waals surface area contributed by atoms with Crippen molar-refractivity contribution in [1.82, 2.24) is 20.3 Å². The Hall–Kier alpha value is -3.89. The number of benzene rings is 2. The van der Waals surface area contributed by atoms with Gasteiger partial charge in [-0.15, -0.1) is 0 Å². The molecule has 2 saturated heterocycles. The molecular weight excluding hydrogens is 580 g/mol. The standard InChI is InChI=1S/C34H37ClN4O5/c35-26-10-8-25(9-11-26)34(43)14-20-38(21-15-34)17-3-4-24-22-29-28(31(40)37-39-18-12-23(13-19-39)33(41)42)5-1-7-30(29)44-32-27(24)6-2-16-36-32/h1-2,4-11,16,22-23,37,40,43H,3,12-15,17-21H2,(H,41,42). The molecule has 1 aromatic heterocycles. The fraction of sp³-hybridized carbons (Fsp3) is 0.353. The van der Waals surface area contributed by atoms with Crippen LogP contribution in [0.4, 0.5) is 0 Å². The van der Waals surface area contributed by atoms with Gasteiger partial charge in [-0.3, -0.25) is 10.2 Å². The monoisotopic (exact) mass is 616 g/mol. The van der Waals surface area contributed by atoms with Crippen molar-refractivity contribution in [2.75, 3.05) is 32.7 Å². The Bertz CT molecular complexity index is 1660. The SMILES string of the molecule is O=C(O)C1CCN(NC(O)=c2cccc3c2=CC(=CCCN2CCC(O)(c4ccc(Cl)cc4)CC2)c2cccnc2O3)CC1. The minimum absolute atomic E-state index is 0.0183. The lowest BCUT2D eigenvalue weighted by Gasteiger charge is -2.38. The number of pyridine rings is 1. The third kappa shape index (κ3) is 6.61. The molecule has 0 spiro atoms. The minimum Gasteiger partial charge on any atom is -0.493 e. The normalized spacial score (nSPS) is 20.5. The zero-order chi connectivity index (χ0) is 30.7. The van der Waals surface area contributed by atoms with E-state index in [0.717, 1.165) is 48.0 Å². The summed E-state index contributed by atoms with van der Waals surface area (Å²) < 4.78 is 6.26. The topological polar surface area (TPSA) is 118 Å². The zero-order valence-corrected chi connectivity index (χ0v) is 25.2. The molecule has 0 aliphatic carbocycles. The van der Waals surface area contributed by atoms with E-state index in [0.29, 0.717) is 60.6 Å². The predicted octanol–water partition coefficient (Wildman–Crippen LogP) is 4.00. The number of nitrogens with one attached hydrogen (secondary N) is 1. The number of hydrogen-bond acceptors (Lipinski definition) is 8. The summed E-state index contributed by atoms with van der Waals surface area (Å²) in [6, 6.07) is 16.9.